The molecule has 214 valence electrons. The molecule has 3 N–H and O–H groups in total. The van der Waals surface area contributed by atoms with Crippen molar-refractivity contribution in [2.45, 2.75) is 31.8 Å². The molecule has 0 saturated carbocycles. The van der Waals surface area contributed by atoms with Crippen molar-refractivity contribution in [3.63, 3.8) is 0 Å². The third-order valence-electron chi connectivity index (χ3n) is 7.64. The number of nitrogens with one attached hydrogen (secondary N) is 2. The molecule has 4 aromatic carbocycles. The fourth-order valence-electron chi connectivity index (χ4n) is 5.65. The molecule has 42 heavy (non-hydrogen) atoms. The van der Waals surface area contributed by atoms with E-state index >= 15 is 0 Å². The van der Waals surface area contributed by atoms with Crippen LogP contribution in [0.2, 0.25) is 0 Å². The van der Waals surface area contributed by atoms with E-state index in [4.69, 9.17) is 0 Å². The Labute approximate surface area is 244 Å². The molecule has 0 saturated heterocycles. The third-order valence-corrected chi connectivity index (χ3v) is 7.64. The molecule has 2 atom stereocenters. The SMILES string of the molecule is O=C(NCC(=O)N(Cc1ccc(F)cc1)C1c2ccccc2CC[C@H]1Cc1ccccc1)Nc1cccc(C(=O)O)c1. The number of carboxylic acid groups (broad SMARTS) is 1. The monoisotopic (exact) mass is 565 g/mol. The number of rotatable bonds is 9. The lowest BCUT2D eigenvalue weighted by Gasteiger charge is -2.42. The van der Waals surface area contributed by atoms with Crippen LogP contribution < -0.4 is 10.6 Å². The van der Waals surface area contributed by atoms with E-state index in [0.29, 0.717) is 5.69 Å². The first-order valence-corrected chi connectivity index (χ1v) is 13.9. The lowest BCUT2D eigenvalue weighted by molar-refractivity contribution is -0.135. The minimum absolute atomic E-state index is 0.0368. The van der Waals surface area contributed by atoms with Crippen molar-refractivity contribution in [2.24, 2.45) is 5.92 Å². The van der Waals surface area contributed by atoms with Gasteiger partial charge in [0.2, 0.25) is 5.91 Å². The number of hydrogen-bond donors (Lipinski definition) is 3. The van der Waals surface area contributed by atoms with Crippen molar-refractivity contribution in [1.82, 2.24) is 10.2 Å². The lowest BCUT2D eigenvalue weighted by Crippen LogP contribution is -2.46. The molecule has 0 radical (unpaired) electrons. The van der Waals surface area contributed by atoms with E-state index in [1.807, 2.05) is 30.3 Å². The van der Waals surface area contributed by atoms with Crippen LogP contribution in [-0.4, -0.2) is 34.5 Å². The van der Waals surface area contributed by atoms with Gasteiger partial charge in [-0.15, -0.1) is 0 Å². The smallest absolute Gasteiger partial charge is 0.335 e. The van der Waals surface area contributed by atoms with Crippen LogP contribution in [0.4, 0.5) is 14.9 Å². The molecule has 3 amide bonds. The first-order chi connectivity index (χ1) is 20.4. The second-order valence-corrected chi connectivity index (χ2v) is 10.5. The summed E-state index contributed by atoms with van der Waals surface area (Å²) in [6, 6.07) is 29.4. The molecule has 1 aliphatic carbocycles. The molecule has 0 aromatic heterocycles. The third kappa shape index (κ3) is 7.01. The van der Waals surface area contributed by atoms with E-state index < -0.39 is 12.0 Å². The zero-order valence-corrected chi connectivity index (χ0v) is 23.0. The molecule has 7 nitrogen and oxygen atoms in total. The first-order valence-electron chi connectivity index (χ1n) is 13.9. The summed E-state index contributed by atoms with van der Waals surface area (Å²) in [5, 5.41) is 14.5. The van der Waals surface area contributed by atoms with Gasteiger partial charge in [0.05, 0.1) is 18.2 Å². The van der Waals surface area contributed by atoms with Crippen LogP contribution in [0.15, 0.2) is 103 Å². The molecule has 0 aliphatic heterocycles. The summed E-state index contributed by atoms with van der Waals surface area (Å²) < 4.78 is 13.7. The summed E-state index contributed by atoms with van der Waals surface area (Å²) in [7, 11) is 0. The van der Waals surface area contributed by atoms with Crippen LogP contribution in [0.25, 0.3) is 0 Å². The Balaban J connectivity index is 1.41. The standard InChI is InChI=1S/C34H32FN3O4/c35-28-17-13-24(14-18-28)22-38(31(39)21-36-34(42)37-29-11-6-10-27(20-29)33(40)41)32-26(19-23-7-2-1-3-8-23)16-15-25-9-4-5-12-30(25)32/h1-14,17-18,20,26,32H,15-16,19,21-22H2,(H,40,41)(H2,36,37,42)/t26-,32?/m0/s1. The minimum atomic E-state index is -1.11. The molecule has 4 aromatic rings. The number of hydrogen-bond acceptors (Lipinski definition) is 3. The van der Waals surface area contributed by atoms with Gasteiger partial charge < -0.3 is 20.6 Å². The van der Waals surface area contributed by atoms with Gasteiger partial charge in [0.25, 0.3) is 0 Å². The molecule has 8 heteroatoms. The number of nitrogens with zero attached hydrogens (tertiary/aromatic N) is 1. The quantitative estimate of drug-likeness (QED) is 0.224. The van der Waals surface area contributed by atoms with Gasteiger partial charge in [0, 0.05) is 12.2 Å². The molecular weight excluding hydrogens is 533 g/mol. The summed E-state index contributed by atoms with van der Waals surface area (Å²) in [6.07, 6.45) is 2.57. The number of benzene rings is 4. The number of amides is 3. The van der Waals surface area contributed by atoms with Crippen LogP contribution >= 0.6 is 0 Å². The summed E-state index contributed by atoms with van der Waals surface area (Å²) in [4.78, 5) is 39.7. The summed E-state index contributed by atoms with van der Waals surface area (Å²) in [6.45, 7) is -0.0320. The molecule has 0 bridgehead atoms. The van der Waals surface area contributed by atoms with Gasteiger partial charge in [-0.2, -0.15) is 0 Å². The molecule has 5 rings (SSSR count). The van der Waals surface area contributed by atoms with Crippen LogP contribution in [0.1, 0.15) is 45.1 Å². The fourth-order valence-corrected chi connectivity index (χ4v) is 5.65. The zero-order chi connectivity index (χ0) is 29.5. The Morgan fingerprint density at radius 2 is 1.60 bits per heavy atom. The van der Waals surface area contributed by atoms with E-state index in [1.165, 1.54) is 41.5 Å². The Bertz CT molecular complexity index is 1560. The van der Waals surface area contributed by atoms with Gasteiger partial charge in [-0.3, -0.25) is 4.79 Å². The molecule has 1 unspecified atom stereocenters. The van der Waals surface area contributed by atoms with Crippen LogP contribution in [0, 0.1) is 11.7 Å². The normalized spacial score (nSPS) is 15.7. The maximum absolute atomic E-state index is 14.0. The Kier molecular flexibility index (Phi) is 8.92. The van der Waals surface area contributed by atoms with Crippen LogP contribution in [0.5, 0.6) is 0 Å². The Hall–Kier alpha value is -4.98. The molecule has 0 spiro atoms. The predicted octanol–water partition coefficient (Wildman–Crippen LogP) is 6.22. The minimum Gasteiger partial charge on any atom is -0.478 e. The highest BCUT2D eigenvalue weighted by Crippen LogP contribution is 2.41. The topological polar surface area (TPSA) is 98.7 Å². The zero-order valence-electron chi connectivity index (χ0n) is 23.0. The van der Waals surface area contributed by atoms with Crippen molar-refractivity contribution in [2.75, 3.05) is 11.9 Å². The number of aromatic carboxylic acids is 1. The number of anilines is 1. The second kappa shape index (κ2) is 13.1. The maximum atomic E-state index is 14.0. The van der Waals surface area contributed by atoms with Gasteiger partial charge >= 0.3 is 12.0 Å². The second-order valence-electron chi connectivity index (χ2n) is 10.5. The van der Waals surface area contributed by atoms with Crippen LogP contribution in [0.3, 0.4) is 0 Å². The molecule has 0 heterocycles. The van der Waals surface area contributed by atoms with E-state index in [9.17, 15) is 23.9 Å². The predicted molar refractivity (Wildman–Crippen MR) is 159 cm³/mol. The fraction of sp³-hybridized carbons (Fsp3) is 0.206. The summed E-state index contributed by atoms with van der Waals surface area (Å²) >= 11 is 0. The lowest BCUT2D eigenvalue weighted by atomic mass is 9.76. The Morgan fingerprint density at radius 1 is 0.857 bits per heavy atom. The van der Waals surface area contributed by atoms with Gasteiger partial charge in [0.1, 0.15) is 5.82 Å². The highest BCUT2D eigenvalue weighted by atomic mass is 19.1. The number of carboxylic acids is 1. The van der Waals surface area contributed by atoms with E-state index in [2.05, 4.69) is 34.9 Å². The van der Waals surface area contributed by atoms with Crippen molar-refractivity contribution in [1.29, 1.82) is 0 Å². The molecular formula is C34H32FN3O4. The number of urea groups is 1. The highest BCUT2D eigenvalue weighted by Gasteiger charge is 2.36. The summed E-state index contributed by atoms with van der Waals surface area (Å²) in [5.74, 6) is -1.62. The van der Waals surface area contributed by atoms with E-state index in [0.717, 1.165) is 30.4 Å². The number of carbonyl (C=O) groups excluding carboxylic acids is 2. The van der Waals surface area contributed by atoms with Crippen molar-refractivity contribution >= 4 is 23.6 Å². The van der Waals surface area contributed by atoms with E-state index in [-0.39, 0.29) is 42.3 Å². The molecule has 1 aliphatic rings. The van der Waals surface area contributed by atoms with Gasteiger partial charge in [-0.1, -0.05) is 72.8 Å². The van der Waals surface area contributed by atoms with Gasteiger partial charge in [0.15, 0.2) is 0 Å². The summed E-state index contributed by atoms with van der Waals surface area (Å²) in [5.41, 5.74) is 4.56. The molecule has 0 fully saturated rings. The highest BCUT2D eigenvalue weighted by molar-refractivity contribution is 5.94. The van der Waals surface area contributed by atoms with Crippen molar-refractivity contribution < 1.29 is 23.9 Å². The van der Waals surface area contributed by atoms with Crippen LogP contribution in [-0.2, 0) is 24.2 Å². The first kappa shape index (κ1) is 28.5. The number of carbonyl (C=O) groups is 3. The Morgan fingerprint density at radius 3 is 2.36 bits per heavy atom. The average Bonchev–Trinajstić information content (AvgIpc) is 3.00. The maximum Gasteiger partial charge on any atom is 0.335 e. The number of aryl methyl sites for hydroxylation is 1. The van der Waals surface area contributed by atoms with Crippen molar-refractivity contribution in [3.8, 4) is 0 Å². The number of halogens is 1. The largest absolute Gasteiger partial charge is 0.478 e. The van der Waals surface area contributed by atoms with Gasteiger partial charge in [-0.25, -0.2) is 14.0 Å². The van der Waals surface area contributed by atoms with Gasteiger partial charge in [-0.05, 0) is 77.8 Å². The number of fused-ring (bicyclic) bond motifs is 1. The average molecular weight is 566 g/mol. The van der Waals surface area contributed by atoms with E-state index in [1.54, 1.807) is 23.1 Å². The van der Waals surface area contributed by atoms with Crippen molar-refractivity contribution in [3.05, 3.63) is 137 Å².